The molecular weight excluding hydrogens is 408 g/mol. The second-order valence-electron chi connectivity index (χ2n) is 8.21. The van der Waals surface area contributed by atoms with Gasteiger partial charge < -0.3 is 20.1 Å². The first kappa shape index (κ1) is 22.2. The van der Waals surface area contributed by atoms with Gasteiger partial charge in [-0.1, -0.05) is 0 Å². The van der Waals surface area contributed by atoms with Crippen LogP contribution >= 0.6 is 0 Å². The maximum absolute atomic E-state index is 14.7. The van der Waals surface area contributed by atoms with E-state index in [1.807, 2.05) is 6.07 Å². The molecule has 10 heteroatoms. The Hall–Kier alpha value is -3.48. The number of benzene rings is 1. The topological polar surface area (TPSA) is 114 Å². The predicted octanol–water partition coefficient (Wildman–Crippen LogP) is 3.62. The quantitative estimate of drug-likeness (QED) is 0.789. The van der Waals surface area contributed by atoms with Crippen LogP contribution in [0.25, 0.3) is 11.3 Å². The van der Waals surface area contributed by atoms with Crippen molar-refractivity contribution in [3.05, 3.63) is 36.2 Å². The van der Waals surface area contributed by atoms with Crippen molar-refractivity contribution < 1.29 is 23.0 Å². The number of nitrogens with zero attached hydrogens (tertiary/aromatic N) is 4. The molecule has 1 amide bonds. The van der Waals surface area contributed by atoms with Gasteiger partial charge in [-0.2, -0.15) is 5.26 Å². The van der Waals surface area contributed by atoms with E-state index >= 15 is 0 Å². The highest BCUT2D eigenvalue weighted by molar-refractivity contribution is 5.68. The Balaban J connectivity index is 1.75. The second kappa shape index (κ2) is 8.34. The van der Waals surface area contributed by atoms with Gasteiger partial charge in [0.25, 0.3) is 0 Å². The molecule has 0 aliphatic carbocycles. The maximum atomic E-state index is 14.7. The van der Waals surface area contributed by atoms with Crippen molar-refractivity contribution in [2.75, 3.05) is 18.8 Å². The van der Waals surface area contributed by atoms with E-state index in [9.17, 15) is 18.8 Å². The Bertz CT molecular complexity index is 1020. The number of ether oxygens (including phenoxy) is 2. The lowest BCUT2D eigenvalue weighted by Crippen LogP contribution is -2.56. The summed E-state index contributed by atoms with van der Waals surface area (Å²) in [6, 6.07) is 8.04. The molecule has 3 rings (SSSR count). The third kappa shape index (κ3) is 5.36. The molecule has 31 heavy (non-hydrogen) atoms. The average molecular weight is 431 g/mol. The molecular formula is C21H23F2N5O3. The van der Waals surface area contributed by atoms with Crippen LogP contribution in [0.3, 0.4) is 0 Å². The number of anilines is 1. The van der Waals surface area contributed by atoms with Gasteiger partial charge in [0.05, 0.1) is 17.8 Å². The molecule has 0 unspecified atom stereocenters. The van der Waals surface area contributed by atoms with E-state index in [2.05, 4.69) is 9.97 Å². The normalized spacial score (nSPS) is 18.2. The number of nitrogens with two attached hydrogens (primary N) is 1. The Morgan fingerprint density at radius 2 is 2.06 bits per heavy atom. The lowest BCUT2D eigenvalue weighted by Gasteiger charge is -2.38. The number of nitriles is 1. The van der Waals surface area contributed by atoms with Crippen LogP contribution < -0.4 is 10.5 Å². The zero-order valence-electron chi connectivity index (χ0n) is 17.4. The molecule has 2 aromatic rings. The van der Waals surface area contributed by atoms with Crippen LogP contribution in [0.1, 0.15) is 32.8 Å². The molecule has 2 N–H and O–H groups in total. The highest BCUT2D eigenvalue weighted by Gasteiger charge is 2.48. The van der Waals surface area contributed by atoms with Crippen LogP contribution in [0, 0.1) is 11.3 Å². The molecule has 1 aromatic carbocycles. The van der Waals surface area contributed by atoms with Crippen LogP contribution in [0.2, 0.25) is 0 Å². The largest absolute Gasteiger partial charge is 0.483 e. The molecule has 1 aromatic heterocycles. The third-order valence-electron chi connectivity index (χ3n) is 4.54. The third-order valence-corrected chi connectivity index (χ3v) is 4.54. The zero-order chi connectivity index (χ0) is 22.8. The van der Waals surface area contributed by atoms with Crippen LogP contribution in [0.15, 0.2) is 30.6 Å². The van der Waals surface area contributed by atoms with Gasteiger partial charge in [-0.05, 0) is 39.0 Å². The fraction of sp³-hybridized carbons (Fsp3) is 0.429. The number of hydrogen-bond acceptors (Lipinski definition) is 7. The summed E-state index contributed by atoms with van der Waals surface area (Å²) >= 11 is 0. The number of piperidine rings is 1. The first-order valence-electron chi connectivity index (χ1n) is 9.63. The van der Waals surface area contributed by atoms with Gasteiger partial charge in [-0.25, -0.2) is 23.5 Å². The van der Waals surface area contributed by atoms with E-state index in [1.165, 1.54) is 24.5 Å². The molecule has 1 aliphatic rings. The molecule has 2 heterocycles. The first-order valence-corrected chi connectivity index (χ1v) is 9.63. The maximum Gasteiger partial charge on any atom is 0.410 e. The number of likely N-dealkylation sites (tertiary alicyclic amines) is 1. The standard InChI is InChI=1S/C21H23F2N5O3/c1-20(2,3)31-19(29)28-7-6-17(21(22,23)11-28)30-16-5-4-13(8-14(16)10-24)15-9-18(25)27-12-26-15/h4-5,8-9,12,17H,6-7,11H2,1-3H3,(H2,25,26,27)/t17-/m0/s1. The number of carbonyl (C=O) groups excluding carboxylic acids is 1. The average Bonchev–Trinajstić information content (AvgIpc) is 2.68. The van der Waals surface area contributed by atoms with Crippen LogP contribution in [0.4, 0.5) is 19.4 Å². The monoisotopic (exact) mass is 431 g/mol. The molecule has 0 radical (unpaired) electrons. The molecule has 0 saturated carbocycles. The van der Waals surface area contributed by atoms with Crippen molar-refractivity contribution >= 4 is 11.9 Å². The van der Waals surface area contributed by atoms with Gasteiger partial charge in [0.2, 0.25) is 0 Å². The van der Waals surface area contributed by atoms with E-state index < -0.39 is 30.3 Å². The number of nitrogen functional groups attached to an aromatic ring is 1. The Labute approximate surface area is 178 Å². The van der Waals surface area contributed by atoms with Crippen molar-refractivity contribution in [3.8, 4) is 23.1 Å². The summed E-state index contributed by atoms with van der Waals surface area (Å²) in [5.41, 5.74) is 6.02. The van der Waals surface area contributed by atoms with Crippen molar-refractivity contribution in [3.63, 3.8) is 0 Å². The van der Waals surface area contributed by atoms with Gasteiger partial charge in [-0.3, -0.25) is 0 Å². The molecule has 164 valence electrons. The van der Waals surface area contributed by atoms with Crippen LogP contribution in [-0.4, -0.2) is 51.7 Å². The molecule has 1 fully saturated rings. The fourth-order valence-corrected chi connectivity index (χ4v) is 3.11. The summed E-state index contributed by atoms with van der Waals surface area (Å²) in [5, 5.41) is 9.48. The van der Waals surface area contributed by atoms with Gasteiger partial charge in [0.15, 0.2) is 6.10 Å². The second-order valence-corrected chi connectivity index (χ2v) is 8.21. The summed E-state index contributed by atoms with van der Waals surface area (Å²) in [6.45, 7) is 4.23. The molecule has 1 saturated heterocycles. The van der Waals surface area contributed by atoms with Crippen molar-refractivity contribution in [2.24, 2.45) is 0 Å². The van der Waals surface area contributed by atoms with Crippen molar-refractivity contribution in [1.29, 1.82) is 5.26 Å². The van der Waals surface area contributed by atoms with Crippen LogP contribution in [0.5, 0.6) is 5.75 Å². The highest BCUT2D eigenvalue weighted by atomic mass is 19.3. The number of amides is 1. The first-order chi connectivity index (χ1) is 14.5. The summed E-state index contributed by atoms with van der Waals surface area (Å²) in [6.07, 6.45) is -1.10. The molecule has 1 atom stereocenters. The van der Waals surface area contributed by atoms with Gasteiger partial charge in [0, 0.05) is 24.6 Å². The summed E-state index contributed by atoms with van der Waals surface area (Å²) in [5.74, 6) is -3.02. The Kier molecular flexibility index (Phi) is 5.97. The lowest BCUT2D eigenvalue weighted by molar-refractivity contribution is -0.137. The number of hydrogen-bond donors (Lipinski definition) is 1. The van der Waals surface area contributed by atoms with E-state index in [-0.39, 0.29) is 30.1 Å². The van der Waals surface area contributed by atoms with E-state index in [0.717, 1.165) is 4.90 Å². The smallest absolute Gasteiger partial charge is 0.410 e. The SMILES string of the molecule is CC(C)(C)OC(=O)N1CC[C@H](Oc2ccc(-c3cc(N)ncn3)cc2C#N)C(F)(F)C1. The Morgan fingerprint density at radius 1 is 1.32 bits per heavy atom. The minimum absolute atomic E-state index is 0.0312. The van der Waals surface area contributed by atoms with Crippen molar-refractivity contribution in [1.82, 2.24) is 14.9 Å². The lowest BCUT2D eigenvalue weighted by atomic mass is 10.0. The van der Waals surface area contributed by atoms with Crippen molar-refractivity contribution in [2.45, 2.75) is 44.8 Å². The number of aromatic nitrogens is 2. The number of rotatable bonds is 3. The molecule has 1 aliphatic heterocycles. The summed E-state index contributed by atoms with van der Waals surface area (Å²) in [7, 11) is 0. The summed E-state index contributed by atoms with van der Waals surface area (Å²) in [4.78, 5) is 21.0. The van der Waals surface area contributed by atoms with Gasteiger partial charge in [-0.15, -0.1) is 0 Å². The van der Waals surface area contributed by atoms with Gasteiger partial charge >= 0.3 is 12.0 Å². The number of alkyl halides is 2. The number of halogens is 2. The zero-order valence-corrected chi connectivity index (χ0v) is 17.4. The molecule has 0 bridgehead atoms. The number of carbonyl (C=O) groups is 1. The van der Waals surface area contributed by atoms with Crippen LogP contribution in [-0.2, 0) is 4.74 Å². The minimum Gasteiger partial charge on any atom is -0.483 e. The van der Waals surface area contributed by atoms with E-state index in [1.54, 1.807) is 26.8 Å². The summed E-state index contributed by atoms with van der Waals surface area (Å²) < 4.78 is 40.2. The van der Waals surface area contributed by atoms with E-state index in [4.69, 9.17) is 15.2 Å². The Morgan fingerprint density at radius 3 is 2.68 bits per heavy atom. The molecule has 8 nitrogen and oxygen atoms in total. The molecule has 0 spiro atoms. The fourth-order valence-electron chi connectivity index (χ4n) is 3.11. The predicted molar refractivity (Wildman–Crippen MR) is 108 cm³/mol. The minimum atomic E-state index is -3.32. The van der Waals surface area contributed by atoms with Gasteiger partial charge in [0.1, 0.15) is 29.6 Å². The highest BCUT2D eigenvalue weighted by Crippen LogP contribution is 2.34. The van der Waals surface area contributed by atoms with E-state index in [0.29, 0.717) is 11.3 Å².